The van der Waals surface area contributed by atoms with Crippen molar-refractivity contribution in [2.45, 2.75) is 26.3 Å². The van der Waals surface area contributed by atoms with E-state index in [1.54, 1.807) is 30.3 Å². The molecular weight excluding hydrogens is 408 g/mol. The summed E-state index contributed by atoms with van der Waals surface area (Å²) in [5.74, 6) is 1.10. The highest BCUT2D eigenvalue weighted by molar-refractivity contribution is 6.08. The second-order valence-corrected chi connectivity index (χ2v) is 8.05. The van der Waals surface area contributed by atoms with E-state index in [1.807, 2.05) is 42.8 Å². The number of hydrogen-bond donors (Lipinski definition) is 1. The number of amides is 1. The molecule has 1 aliphatic heterocycles. The third-order valence-corrected chi connectivity index (χ3v) is 5.27. The van der Waals surface area contributed by atoms with Crippen molar-refractivity contribution in [3.05, 3.63) is 48.4 Å². The first-order chi connectivity index (χ1) is 15.5. The van der Waals surface area contributed by atoms with Crippen LogP contribution in [0.3, 0.4) is 0 Å². The van der Waals surface area contributed by atoms with Gasteiger partial charge in [0.1, 0.15) is 5.69 Å². The Morgan fingerprint density at radius 3 is 2.75 bits per heavy atom. The first-order valence-corrected chi connectivity index (χ1v) is 10.6. The molecule has 164 valence electrons. The maximum absolute atomic E-state index is 13.1. The van der Waals surface area contributed by atoms with Gasteiger partial charge < -0.3 is 14.8 Å². The summed E-state index contributed by atoms with van der Waals surface area (Å²) in [6, 6.07) is 7.69. The standard InChI is InChI=1S/C23H24N6O3/c1-14(2)29-22-16(11-25-29)9-17(12-24-22)26-23(30)18-13-28(3)27-21(18)15-5-6-19-20(10-15)32-8-4-7-31-19/h5-6,9-14H,4,7-8H2,1-3H3,(H,26,30). The maximum Gasteiger partial charge on any atom is 0.259 e. The lowest BCUT2D eigenvalue weighted by atomic mass is 10.1. The summed E-state index contributed by atoms with van der Waals surface area (Å²) >= 11 is 0. The Hall–Kier alpha value is -3.88. The first kappa shape index (κ1) is 20.0. The molecule has 0 saturated heterocycles. The third kappa shape index (κ3) is 3.66. The van der Waals surface area contributed by atoms with Gasteiger partial charge in [0.05, 0.1) is 36.9 Å². The highest BCUT2D eigenvalue weighted by atomic mass is 16.5. The van der Waals surface area contributed by atoms with Gasteiger partial charge in [0.25, 0.3) is 5.91 Å². The van der Waals surface area contributed by atoms with Gasteiger partial charge in [-0.05, 0) is 38.1 Å². The van der Waals surface area contributed by atoms with Gasteiger partial charge in [0.15, 0.2) is 17.1 Å². The van der Waals surface area contributed by atoms with E-state index in [2.05, 4.69) is 20.5 Å². The highest BCUT2D eigenvalue weighted by Crippen LogP contribution is 2.35. The van der Waals surface area contributed by atoms with Crippen LogP contribution in [0.5, 0.6) is 11.5 Å². The van der Waals surface area contributed by atoms with Crippen molar-refractivity contribution in [1.82, 2.24) is 24.5 Å². The molecule has 0 saturated carbocycles. The Kier molecular flexibility index (Phi) is 5.01. The second kappa shape index (κ2) is 7.99. The van der Waals surface area contributed by atoms with Gasteiger partial charge in [-0.15, -0.1) is 0 Å². The topological polar surface area (TPSA) is 96.1 Å². The smallest absolute Gasteiger partial charge is 0.259 e. The zero-order valence-corrected chi connectivity index (χ0v) is 18.2. The Bertz CT molecular complexity index is 1310. The molecule has 1 amide bonds. The number of nitrogens with zero attached hydrogens (tertiary/aromatic N) is 5. The molecule has 0 fully saturated rings. The molecule has 0 atom stereocenters. The quantitative estimate of drug-likeness (QED) is 0.527. The molecule has 0 spiro atoms. The SMILES string of the molecule is CC(C)n1ncc2cc(NC(=O)c3cn(C)nc3-c3ccc4c(c3)OCCCO4)cnc21. The van der Waals surface area contributed by atoms with Gasteiger partial charge in [0, 0.05) is 36.7 Å². The predicted molar refractivity (Wildman–Crippen MR) is 120 cm³/mol. The van der Waals surface area contributed by atoms with Crippen LogP contribution >= 0.6 is 0 Å². The minimum absolute atomic E-state index is 0.202. The van der Waals surface area contributed by atoms with Gasteiger partial charge in [-0.25, -0.2) is 9.67 Å². The Morgan fingerprint density at radius 2 is 1.94 bits per heavy atom. The molecule has 9 nitrogen and oxygen atoms in total. The number of anilines is 1. The number of nitrogens with one attached hydrogen (secondary N) is 1. The van der Waals surface area contributed by atoms with Gasteiger partial charge >= 0.3 is 0 Å². The van der Waals surface area contributed by atoms with Crippen LogP contribution in [0.25, 0.3) is 22.3 Å². The van der Waals surface area contributed by atoms with Crippen LogP contribution in [0.15, 0.2) is 42.9 Å². The molecule has 4 aromatic rings. The van der Waals surface area contributed by atoms with Gasteiger partial charge in [-0.1, -0.05) is 0 Å². The van der Waals surface area contributed by atoms with E-state index in [1.165, 1.54) is 0 Å². The Labute approximate surface area is 185 Å². The molecule has 9 heteroatoms. The summed E-state index contributed by atoms with van der Waals surface area (Å²) in [7, 11) is 1.79. The number of pyridine rings is 1. The zero-order valence-electron chi connectivity index (χ0n) is 18.2. The van der Waals surface area contributed by atoms with Crippen molar-refractivity contribution in [3.8, 4) is 22.8 Å². The number of carbonyl (C=O) groups excluding carboxylic acids is 1. The molecule has 1 aromatic carbocycles. The van der Waals surface area contributed by atoms with E-state index in [-0.39, 0.29) is 11.9 Å². The van der Waals surface area contributed by atoms with E-state index in [0.29, 0.717) is 41.7 Å². The molecule has 1 aliphatic rings. The van der Waals surface area contributed by atoms with E-state index >= 15 is 0 Å². The third-order valence-electron chi connectivity index (χ3n) is 5.27. The van der Waals surface area contributed by atoms with E-state index in [0.717, 1.165) is 23.0 Å². The lowest BCUT2D eigenvalue weighted by Crippen LogP contribution is -2.12. The maximum atomic E-state index is 13.1. The number of aromatic nitrogens is 5. The van der Waals surface area contributed by atoms with Gasteiger partial charge in [-0.2, -0.15) is 10.2 Å². The molecule has 0 bridgehead atoms. The molecule has 4 heterocycles. The normalized spacial score (nSPS) is 13.4. The van der Waals surface area contributed by atoms with Crippen molar-refractivity contribution in [2.75, 3.05) is 18.5 Å². The summed E-state index contributed by atoms with van der Waals surface area (Å²) in [5.41, 5.74) is 3.19. The number of aryl methyl sites for hydroxylation is 1. The van der Waals surface area contributed by atoms with Crippen LogP contribution in [0, 0.1) is 0 Å². The lowest BCUT2D eigenvalue weighted by Gasteiger charge is -2.10. The average Bonchev–Trinajstić information content (AvgIpc) is 3.29. The number of rotatable bonds is 4. The highest BCUT2D eigenvalue weighted by Gasteiger charge is 2.20. The van der Waals surface area contributed by atoms with Crippen LogP contribution in [0.4, 0.5) is 5.69 Å². The number of hydrogen-bond acceptors (Lipinski definition) is 6. The Morgan fingerprint density at radius 1 is 1.12 bits per heavy atom. The largest absolute Gasteiger partial charge is 0.490 e. The fourth-order valence-electron chi connectivity index (χ4n) is 3.76. The molecule has 3 aromatic heterocycles. The molecular formula is C23H24N6O3. The van der Waals surface area contributed by atoms with Crippen molar-refractivity contribution in [3.63, 3.8) is 0 Å². The molecule has 1 N–H and O–H groups in total. The summed E-state index contributed by atoms with van der Waals surface area (Å²) in [5, 5.41) is 12.7. The molecule has 0 aliphatic carbocycles. The zero-order chi connectivity index (χ0) is 22.2. The lowest BCUT2D eigenvalue weighted by molar-refractivity contribution is 0.102. The summed E-state index contributed by atoms with van der Waals surface area (Å²) in [6.45, 7) is 5.31. The first-order valence-electron chi connectivity index (χ1n) is 10.6. The number of fused-ring (bicyclic) bond motifs is 2. The minimum Gasteiger partial charge on any atom is -0.490 e. The monoisotopic (exact) mass is 432 g/mol. The predicted octanol–water partition coefficient (Wildman–Crippen LogP) is 3.83. The van der Waals surface area contributed by atoms with Gasteiger partial charge in [-0.3, -0.25) is 9.48 Å². The molecule has 5 rings (SSSR count). The van der Waals surface area contributed by atoms with E-state index in [9.17, 15) is 4.79 Å². The average molecular weight is 432 g/mol. The molecule has 0 unspecified atom stereocenters. The van der Waals surface area contributed by atoms with Crippen LogP contribution in [-0.2, 0) is 7.05 Å². The Balaban J connectivity index is 1.44. The van der Waals surface area contributed by atoms with Crippen LogP contribution in [0.2, 0.25) is 0 Å². The van der Waals surface area contributed by atoms with Crippen LogP contribution in [0.1, 0.15) is 36.7 Å². The van der Waals surface area contributed by atoms with Crippen molar-refractivity contribution in [2.24, 2.45) is 7.05 Å². The molecule has 32 heavy (non-hydrogen) atoms. The number of benzene rings is 1. The fourth-order valence-corrected chi connectivity index (χ4v) is 3.76. The summed E-state index contributed by atoms with van der Waals surface area (Å²) in [4.78, 5) is 17.6. The van der Waals surface area contributed by atoms with Crippen molar-refractivity contribution >= 4 is 22.6 Å². The van der Waals surface area contributed by atoms with Crippen molar-refractivity contribution < 1.29 is 14.3 Å². The second-order valence-electron chi connectivity index (χ2n) is 8.05. The fraction of sp³-hybridized carbons (Fsp3) is 0.304. The van der Waals surface area contributed by atoms with E-state index < -0.39 is 0 Å². The van der Waals surface area contributed by atoms with Crippen molar-refractivity contribution in [1.29, 1.82) is 0 Å². The number of ether oxygens (including phenoxy) is 2. The van der Waals surface area contributed by atoms with Crippen LogP contribution in [-0.4, -0.2) is 43.7 Å². The van der Waals surface area contributed by atoms with Crippen LogP contribution < -0.4 is 14.8 Å². The van der Waals surface area contributed by atoms with Gasteiger partial charge in [0.2, 0.25) is 0 Å². The van der Waals surface area contributed by atoms with E-state index in [4.69, 9.17) is 9.47 Å². The molecule has 0 radical (unpaired) electrons. The number of carbonyl (C=O) groups is 1. The minimum atomic E-state index is -0.266. The summed E-state index contributed by atoms with van der Waals surface area (Å²) < 4.78 is 15.0. The summed E-state index contributed by atoms with van der Waals surface area (Å²) in [6.07, 6.45) is 5.93.